The molecule has 0 saturated heterocycles. The van der Waals surface area contributed by atoms with Gasteiger partial charge in [0.25, 0.3) is 0 Å². The van der Waals surface area contributed by atoms with E-state index in [4.69, 9.17) is 17.3 Å². The normalized spacial score (nSPS) is 13.5. The number of thiazole rings is 1. The van der Waals surface area contributed by atoms with Crippen LogP contribution in [0.2, 0.25) is 5.02 Å². The predicted octanol–water partition coefficient (Wildman–Crippen LogP) is 5.10. The molecule has 1 unspecified atom stereocenters. The summed E-state index contributed by atoms with van der Waals surface area (Å²) in [6.45, 7) is 6.49. The Morgan fingerprint density at radius 3 is 2.70 bits per heavy atom. The quantitative estimate of drug-likeness (QED) is 0.813. The second kappa shape index (κ2) is 6.14. The van der Waals surface area contributed by atoms with E-state index < -0.39 is 0 Å². The molecule has 0 spiro atoms. The molecule has 0 fully saturated rings. The summed E-state index contributed by atoms with van der Waals surface area (Å²) in [4.78, 5) is 4.68. The minimum absolute atomic E-state index is 0.0757. The van der Waals surface area contributed by atoms with Crippen LogP contribution >= 0.6 is 38.9 Å². The molecule has 2 N–H and O–H groups in total. The van der Waals surface area contributed by atoms with Crippen LogP contribution in [-0.4, -0.2) is 4.98 Å². The predicted molar refractivity (Wildman–Crippen MR) is 90.6 cm³/mol. The van der Waals surface area contributed by atoms with Crippen LogP contribution in [0, 0.1) is 0 Å². The van der Waals surface area contributed by atoms with Gasteiger partial charge in [-0.2, -0.15) is 0 Å². The summed E-state index contributed by atoms with van der Waals surface area (Å²) in [5, 5.41) is 3.86. The minimum atomic E-state index is -0.140. The van der Waals surface area contributed by atoms with Crippen LogP contribution in [0.25, 0.3) is 0 Å². The third kappa shape index (κ3) is 3.61. The van der Waals surface area contributed by atoms with Crippen LogP contribution in [0.3, 0.4) is 0 Å². The van der Waals surface area contributed by atoms with Gasteiger partial charge < -0.3 is 5.73 Å². The number of hydrogen-bond acceptors (Lipinski definition) is 3. The topological polar surface area (TPSA) is 38.9 Å². The van der Waals surface area contributed by atoms with E-state index in [-0.39, 0.29) is 11.5 Å². The molecule has 5 heteroatoms. The lowest BCUT2D eigenvalue weighted by molar-refractivity contribution is 0.569. The van der Waals surface area contributed by atoms with E-state index in [1.54, 1.807) is 11.3 Å². The first-order valence-electron chi connectivity index (χ1n) is 6.43. The van der Waals surface area contributed by atoms with E-state index in [0.29, 0.717) is 11.4 Å². The zero-order valence-electron chi connectivity index (χ0n) is 11.8. The number of hydrogen-bond donors (Lipinski definition) is 1. The summed E-state index contributed by atoms with van der Waals surface area (Å²) < 4.78 is 0.877. The largest absolute Gasteiger partial charge is 0.324 e. The van der Waals surface area contributed by atoms with Crippen LogP contribution in [0.15, 0.2) is 28.1 Å². The molecule has 1 aromatic carbocycles. The summed E-state index contributed by atoms with van der Waals surface area (Å²) in [6, 6.07) is 5.70. The van der Waals surface area contributed by atoms with E-state index >= 15 is 0 Å². The van der Waals surface area contributed by atoms with Crippen molar-refractivity contribution < 1.29 is 0 Å². The first-order chi connectivity index (χ1) is 9.29. The molecule has 0 radical (unpaired) electrons. The smallest absolute Gasteiger partial charge is 0.0947 e. The number of rotatable bonds is 3. The van der Waals surface area contributed by atoms with Gasteiger partial charge in [-0.25, -0.2) is 4.98 Å². The van der Waals surface area contributed by atoms with Crippen molar-refractivity contribution in [3.63, 3.8) is 0 Å². The lowest BCUT2D eigenvalue weighted by atomic mass is 9.93. The Hall–Kier alpha value is -0.420. The third-order valence-corrected chi connectivity index (χ3v) is 5.28. The highest BCUT2D eigenvalue weighted by Crippen LogP contribution is 2.32. The number of benzene rings is 1. The summed E-state index contributed by atoms with van der Waals surface area (Å²) in [5.41, 5.74) is 8.42. The van der Waals surface area contributed by atoms with Crippen LogP contribution in [0.5, 0.6) is 0 Å². The first-order valence-corrected chi connectivity index (χ1v) is 8.48. The third-order valence-electron chi connectivity index (χ3n) is 3.10. The second-order valence-corrected chi connectivity index (χ2v) is 8.01. The SMILES string of the molecule is CC(C)(C)c1csc(CC(N)c2cccc(Br)c2Cl)n1. The number of halogens is 2. The molecule has 108 valence electrons. The van der Waals surface area contributed by atoms with E-state index in [1.807, 2.05) is 18.2 Å². The number of nitrogens with zero attached hydrogens (tertiary/aromatic N) is 1. The Morgan fingerprint density at radius 2 is 2.10 bits per heavy atom. The molecule has 1 aromatic heterocycles. The molecule has 0 aliphatic rings. The van der Waals surface area contributed by atoms with Gasteiger partial charge >= 0.3 is 0 Å². The summed E-state index contributed by atoms with van der Waals surface area (Å²) >= 11 is 11.4. The van der Waals surface area contributed by atoms with Gasteiger partial charge in [-0.1, -0.05) is 44.5 Å². The van der Waals surface area contributed by atoms with E-state index in [1.165, 1.54) is 0 Å². The Balaban J connectivity index is 2.18. The van der Waals surface area contributed by atoms with Crippen molar-refractivity contribution in [2.24, 2.45) is 5.73 Å². The zero-order valence-corrected chi connectivity index (χ0v) is 14.9. The maximum absolute atomic E-state index is 6.29. The first kappa shape index (κ1) is 16.0. The lowest BCUT2D eigenvalue weighted by Crippen LogP contribution is -2.15. The minimum Gasteiger partial charge on any atom is -0.324 e. The van der Waals surface area contributed by atoms with Gasteiger partial charge in [-0.3, -0.25) is 0 Å². The van der Waals surface area contributed by atoms with Crippen molar-refractivity contribution in [1.29, 1.82) is 0 Å². The summed E-state index contributed by atoms with van der Waals surface area (Å²) in [6.07, 6.45) is 0.705. The van der Waals surface area contributed by atoms with E-state index in [9.17, 15) is 0 Å². The van der Waals surface area contributed by atoms with Gasteiger partial charge in [0.15, 0.2) is 0 Å². The average Bonchev–Trinajstić information content (AvgIpc) is 2.81. The van der Waals surface area contributed by atoms with Gasteiger partial charge in [0.2, 0.25) is 0 Å². The second-order valence-electron chi connectivity index (χ2n) is 5.83. The molecule has 2 nitrogen and oxygen atoms in total. The van der Waals surface area contributed by atoms with Crippen molar-refractivity contribution in [2.75, 3.05) is 0 Å². The highest BCUT2D eigenvalue weighted by molar-refractivity contribution is 9.10. The van der Waals surface area contributed by atoms with E-state index in [2.05, 4.69) is 47.1 Å². The van der Waals surface area contributed by atoms with Gasteiger partial charge in [0.1, 0.15) is 0 Å². The molecule has 0 aliphatic heterocycles. The fourth-order valence-corrected chi connectivity index (χ4v) is 3.58. The van der Waals surface area contributed by atoms with E-state index in [0.717, 1.165) is 20.7 Å². The lowest BCUT2D eigenvalue weighted by Gasteiger charge is -2.15. The number of aromatic nitrogens is 1. The van der Waals surface area contributed by atoms with Crippen LogP contribution in [0.4, 0.5) is 0 Å². The summed E-state index contributed by atoms with van der Waals surface area (Å²) in [5.74, 6) is 0. The summed E-state index contributed by atoms with van der Waals surface area (Å²) in [7, 11) is 0. The van der Waals surface area contributed by atoms with Gasteiger partial charge in [0.05, 0.1) is 15.7 Å². The van der Waals surface area contributed by atoms with Crippen molar-refractivity contribution in [1.82, 2.24) is 4.98 Å². The van der Waals surface area contributed by atoms with Gasteiger partial charge in [-0.05, 0) is 27.6 Å². The van der Waals surface area contributed by atoms with Crippen LogP contribution in [-0.2, 0) is 11.8 Å². The molecule has 0 aliphatic carbocycles. The molecule has 2 rings (SSSR count). The van der Waals surface area contributed by atoms with Gasteiger partial charge in [0, 0.05) is 27.7 Å². The Bertz CT molecular complexity index is 604. The van der Waals surface area contributed by atoms with Crippen molar-refractivity contribution >= 4 is 38.9 Å². The molecule has 1 heterocycles. The zero-order chi connectivity index (χ0) is 14.9. The highest BCUT2D eigenvalue weighted by Gasteiger charge is 2.19. The molecular weight excluding hydrogens is 356 g/mol. The number of nitrogens with two attached hydrogens (primary N) is 1. The fourth-order valence-electron chi connectivity index (χ4n) is 1.85. The van der Waals surface area contributed by atoms with Crippen LogP contribution in [0.1, 0.15) is 43.1 Å². The molecule has 0 bridgehead atoms. The van der Waals surface area contributed by atoms with Crippen molar-refractivity contribution in [3.05, 3.63) is 49.3 Å². The maximum atomic E-state index is 6.29. The molecular formula is C15H18BrClN2S. The monoisotopic (exact) mass is 372 g/mol. The standard InChI is InChI=1S/C15H18BrClN2S/c1-15(2,3)12-8-20-13(19-12)7-11(18)9-5-4-6-10(16)14(9)17/h4-6,8,11H,7,18H2,1-3H3. The van der Waals surface area contributed by atoms with Gasteiger partial charge in [-0.15, -0.1) is 11.3 Å². The fraction of sp³-hybridized carbons (Fsp3) is 0.400. The highest BCUT2D eigenvalue weighted by atomic mass is 79.9. The van der Waals surface area contributed by atoms with Crippen molar-refractivity contribution in [3.8, 4) is 0 Å². The Labute approximate surface area is 137 Å². The van der Waals surface area contributed by atoms with Crippen LogP contribution < -0.4 is 5.73 Å². The maximum Gasteiger partial charge on any atom is 0.0947 e. The molecule has 1 atom stereocenters. The molecule has 20 heavy (non-hydrogen) atoms. The Morgan fingerprint density at radius 1 is 1.40 bits per heavy atom. The van der Waals surface area contributed by atoms with Crippen molar-refractivity contribution in [2.45, 2.75) is 38.6 Å². The average molecular weight is 374 g/mol. The molecule has 2 aromatic rings. The molecule has 0 saturated carbocycles. The Kier molecular flexibility index (Phi) is 4.90. The molecule has 0 amide bonds.